The Hall–Kier alpha value is -3.03. The zero-order valence-corrected chi connectivity index (χ0v) is 35.1. The van der Waals surface area contributed by atoms with Gasteiger partial charge in [0.05, 0.1) is 31.4 Å². The van der Waals surface area contributed by atoms with E-state index < -0.39 is 69.0 Å². The van der Waals surface area contributed by atoms with E-state index in [1.165, 1.54) is 24.4 Å². The number of methoxy groups -OCH3 is 1. The van der Waals surface area contributed by atoms with Gasteiger partial charge in [0.15, 0.2) is 6.10 Å². The molecule has 0 aromatic carbocycles. The number of likely N-dealkylation sites (N-methyl/N-ethyl adjacent to an activating group) is 1. The summed E-state index contributed by atoms with van der Waals surface area (Å²) in [5, 5.41) is 6.45. The van der Waals surface area contributed by atoms with Gasteiger partial charge in [0.2, 0.25) is 11.7 Å². The second-order valence-electron chi connectivity index (χ2n) is 13.8. The number of thiophene rings is 1. The Kier molecular flexibility index (Phi) is 16.2. The van der Waals surface area contributed by atoms with Gasteiger partial charge in [-0.25, -0.2) is 26.4 Å². The summed E-state index contributed by atoms with van der Waals surface area (Å²) in [6.45, 7) is 12.6. The summed E-state index contributed by atoms with van der Waals surface area (Å²) >= 11 is 1.54. The molecule has 0 spiro atoms. The van der Waals surface area contributed by atoms with Crippen molar-refractivity contribution in [3.05, 3.63) is 11.6 Å². The fraction of sp³-hybridized carbons (Fsp3) is 0.719. The number of anilines is 1. The van der Waals surface area contributed by atoms with Gasteiger partial charge in [0.1, 0.15) is 21.1 Å². The number of hydrogen-bond acceptors (Lipinski definition) is 19. The van der Waals surface area contributed by atoms with Gasteiger partial charge in [0.25, 0.3) is 25.9 Å². The number of carbonyl (C=O) groups excluding carboxylic acids is 3. The third-order valence-electron chi connectivity index (χ3n) is 8.26. The van der Waals surface area contributed by atoms with E-state index in [9.17, 15) is 31.2 Å². The number of hydrogen-bond donors (Lipinski definition) is 3. The minimum absolute atomic E-state index is 0.0749. The molecule has 2 aromatic heterocycles. The number of aromatic nitrogens is 2. The molecular formula is C32H51N7O12S4. The number of ether oxygens (including phenoxy) is 5. The molecule has 4 heterocycles. The van der Waals surface area contributed by atoms with Crippen molar-refractivity contribution in [2.24, 2.45) is 0 Å². The molecule has 1 amide bonds. The molecule has 1 fully saturated rings. The molecule has 19 nitrogen and oxygen atoms in total. The highest BCUT2D eigenvalue weighted by molar-refractivity contribution is 7.94. The lowest BCUT2D eigenvalue weighted by atomic mass is 10.1. The van der Waals surface area contributed by atoms with Crippen molar-refractivity contribution in [2.45, 2.75) is 86.1 Å². The molecule has 0 aliphatic carbocycles. The van der Waals surface area contributed by atoms with Gasteiger partial charge in [-0.05, 0) is 46.7 Å². The summed E-state index contributed by atoms with van der Waals surface area (Å²) in [5.74, 6) is -1.96. The normalized spacial score (nSPS) is 18.6. The number of nitrogens with zero attached hydrogens (tertiary/aromatic N) is 4. The van der Waals surface area contributed by atoms with Crippen LogP contribution in [0.2, 0.25) is 0 Å². The lowest BCUT2D eigenvalue weighted by Crippen LogP contribution is -2.45. The Morgan fingerprint density at radius 1 is 1.13 bits per heavy atom. The summed E-state index contributed by atoms with van der Waals surface area (Å²) in [7, 11) is -6.98. The summed E-state index contributed by atoms with van der Waals surface area (Å²) in [6.07, 6.45) is -2.86. The molecule has 0 saturated carbocycles. The van der Waals surface area contributed by atoms with Gasteiger partial charge in [-0.3, -0.25) is 9.59 Å². The van der Waals surface area contributed by atoms with Gasteiger partial charge in [-0.2, -0.15) is 8.68 Å². The van der Waals surface area contributed by atoms with Gasteiger partial charge in [-0.1, -0.05) is 6.92 Å². The maximum Gasteiger partial charge on any atom is 0.347 e. The first kappa shape index (κ1) is 44.7. The molecule has 3 N–H and O–H groups in total. The zero-order valence-electron chi connectivity index (χ0n) is 31.8. The summed E-state index contributed by atoms with van der Waals surface area (Å²) in [5.41, 5.74) is -0.0219. The van der Waals surface area contributed by atoms with Gasteiger partial charge in [-0.15, -0.1) is 15.7 Å². The monoisotopic (exact) mass is 853 g/mol. The van der Waals surface area contributed by atoms with E-state index >= 15 is 0 Å². The van der Waals surface area contributed by atoms with Crippen LogP contribution in [0.5, 0.6) is 5.88 Å². The number of nitrogens with one attached hydrogen (secondary N) is 3. The van der Waals surface area contributed by atoms with Crippen LogP contribution in [-0.2, 0) is 53.4 Å². The molecule has 3 atom stereocenters. The van der Waals surface area contributed by atoms with Crippen molar-refractivity contribution in [2.75, 3.05) is 77.7 Å². The number of rotatable bonds is 20. The highest BCUT2D eigenvalue weighted by Gasteiger charge is 2.40. The third-order valence-corrected chi connectivity index (χ3v) is 14.1. The fourth-order valence-electron chi connectivity index (χ4n) is 5.47. The van der Waals surface area contributed by atoms with E-state index in [1.807, 2.05) is 37.3 Å². The van der Waals surface area contributed by atoms with Gasteiger partial charge >= 0.3 is 11.9 Å². The highest BCUT2D eigenvalue weighted by atomic mass is 32.3. The molecule has 2 aliphatic rings. The van der Waals surface area contributed by atoms with Crippen LogP contribution in [0.25, 0.3) is 0 Å². The maximum atomic E-state index is 13.4. The second-order valence-corrected chi connectivity index (χ2v) is 19.4. The molecule has 1 saturated heterocycles. The van der Waals surface area contributed by atoms with Crippen molar-refractivity contribution in [3.63, 3.8) is 0 Å². The van der Waals surface area contributed by atoms with Crippen molar-refractivity contribution >= 4 is 66.8 Å². The van der Waals surface area contributed by atoms with E-state index in [4.69, 9.17) is 23.7 Å². The van der Waals surface area contributed by atoms with E-state index in [2.05, 4.69) is 19.4 Å². The Bertz CT molecular complexity index is 1820. The van der Waals surface area contributed by atoms with E-state index in [-0.39, 0.29) is 40.2 Å². The number of esters is 2. The van der Waals surface area contributed by atoms with Crippen LogP contribution in [0.4, 0.5) is 5.82 Å². The summed E-state index contributed by atoms with van der Waals surface area (Å²) in [4.78, 5) is 40.3. The Balaban J connectivity index is 1.31. The topological polar surface area (TPSA) is 234 Å². The summed E-state index contributed by atoms with van der Waals surface area (Å²) in [6, 6.07) is 0.784. The largest absolute Gasteiger partial charge is 0.470 e. The predicted molar refractivity (Wildman–Crippen MR) is 202 cm³/mol. The second kappa shape index (κ2) is 19.9. The van der Waals surface area contributed by atoms with Crippen molar-refractivity contribution in [1.82, 2.24) is 28.4 Å². The molecule has 2 aliphatic heterocycles. The number of amides is 1. The molecular weight excluding hydrogens is 803 g/mol. The fourth-order valence-corrected chi connectivity index (χ4v) is 10.9. The third kappa shape index (κ3) is 12.7. The number of morpholine rings is 1. The van der Waals surface area contributed by atoms with Gasteiger partial charge < -0.3 is 39.2 Å². The van der Waals surface area contributed by atoms with E-state index in [0.717, 1.165) is 11.7 Å². The van der Waals surface area contributed by atoms with Gasteiger partial charge in [0, 0.05) is 70.0 Å². The number of sulfonamides is 2. The molecule has 0 bridgehead atoms. The number of carbonyl (C=O) groups is 3. The standard InChI is InChI=1S/C32H51N7O12S4/c1-7-33-24-19-39(11-8-14-47-6)55(45,46)31-23(24)17-27(52-31)54(43,44)37-25(40)9-10-26(41)50-21(2)30(42)51-22(18-34-32(3,4)5)20-49-29-28(35-53-36-29)38-12-15-48-16-13-38/h17,21-22,24,33-34H,7-16,18-20H2,1-6H3,(H,37,40)/t21?,22?,24-/m1/s1. The SMILES string of the molecule is CCN[C@@H]1CN(CCCOC)S(=O)(=O)c2sc(S(=O)(=O)NC(=O)CCC(=O)OC(C)C(=O)OC(CNC(C)(C)C)COc3nsnc3N3CCOCC3)cc21. The lowest BCUT2D eigenvalue weighted by molar-refractivity contribution is -0.171. The first-order valence-electron chi connectivity index (χ1n) is 17.8. The van der Waals surface area contributed by atoms with E-state index in [0.29, 0.717) is 74.5 Å². The van der Waals surface area contributed by atoms with Crippen LogP contribution in [0.15, 0.2) is 14.5 Å². The van der Waals surface area contributed by atoms with Crippen LogP contribution >= 0.6 is 23.1 Å². The molecule has 4 rings (SSSR count). The Morgan fingerprint density at radius 3 is 2.53 bits per heavy atom. The number of fused-ring (bicyclic) bond motifs is 1. The molecule has 310 valence electrons. The average Bonchev–Trinajstić information content (AvgIpc) is 3.80. The average molecular weight is 854 g/mol. The van der Waals surface area contributed by atoms with Crippen LogP contribution in [0, 0.1) is 0 Å². The first-order valence-corrected chi connectivity index (χ1v) is 22.3. The molecule has 2 aromatic rings. The van der Waals surface area contributed by atoms with Crippen LogP contribution in [0.3, 0.4) is 0 Å². The maximum absolute atomic E-state index is 13.4. The van der Waals surface area contributed by atoms with E-state index in [1.54, 1.807) is 0 Å². The first-order chi connectivity index (χ1) is 25.9. The van der Waals surface area contributed by atoms with Crippen molar-refractivity contribution in [1.29, 1.82) is 0 Å². The van der Waals surface area contributed by atoms with Crippen molar-refractivity contribution < 1.29 is 54.9 Å². The van der Waals surface area contributed by atoms with Crippen LogP contribution in [0.1, 0.15) is 65.5 Å². The smallest absolute Gasteiger partial charge is 0.347 e. The van der Waals surface area contributed by atoms with Crippen LogP contribution < -0.4 is 25.0 Å². The zero-order chi connectivity index (χ0) is 40.4. The molecule has 55 heavy (non-hydrogen) atoms. The molecule has 2 unspecified atom stereocenters. The summed E-state index contributed by atoms with van der Waals surface area (Å²) < 4.78 is 91.7. The lowest BCUT2D eigenvalue weighted by Gasteiger charge is -2.32. The predicted octanol–water partition coefficient (Wildman–Crippen LogP) is 1.02. The highest BCUT2D eigenvalue weighted by Crippen LogP contribution is 2.40. The minimum atomic E-state index is -4.50. The molecule has 23 heteroatoms. The Labute approximate surface area is 330 Å². The quantitative estimate of drug-likeness (QED) is 0.125. The van der Waals surface area contributed by atoms with Crippen molar-refractivity contribution in [3.8, 4) is 5.88 Å². The minimum Gasteiger partial charge on any atom is -0.470 e. The Morgan fingerprint density at radius 2 is 1.85 bits per heavy atom. The molecule has 0 radical (unpaired) electrons. The van der Waals surface area contributed by atoms with Crippen LogP contribution in [-0.4, -0.2) is 138 Å².